The van der Waals surface area contributed by atoms with E-state index in [0.717, 1.165) is 25.7 Å². The van der Waals surface area contributed by atoms with E-state index < -0.39 is 24.0 Å². The second kappa shape index (κ2) is 11.2. The van der Waals surface area contributed by atoms with E-state index in [-0.39, 0.29) is 17.7 Å². The highest BCUT2D eigenvalue weighted by atomic mass is 16.6. The standard InChI is InChI=1S/C19H26O6/c1-4-6-12-23-17(20)14(3)25-19(22)16-11-9-8-10-15(16)18(21)24-13-7-5-2/h8-11,14H,4-7,12-13H2,1-3H3/t14-/m0/s1. The van der Waals surface area contributed by atoms with Crippen LogP contribution in [-0.2, 0) is 19.0 Å². The molecule has 0 heterocycles. The van der Waals surface area contributed by atoms with Crippen LogP contribution in [0, 0.1) is 0 Å². The first-order valence-electron chi connectivity index (χ1n) is 8.65. The Hall–Kier alpha value is -2.37. The minimum absolute atomic E-state index is 0.0669. The van der Waals surface area contributed by atoms with Crippen molar-refractivity contribution < 1.29 is 28.6 Å². The van der Waals surface area contributed by atoms with Gasteiger partial charge in [0.05, 0.1) is 24.3 Å². The Balaban J connectivity index is 2.71. The van der Waals surface area contributed by atoms with E-state index >= 15 is 0 Å². The van der Waals surface area contributed by atoms with E-state index in [0.29, 0.717) is 6.61 Å². The molecule has 0 fully saturated rings. The fourth-order valence-corrected chi connectivity index (χ4v) is 1.93. The minimum Gasteiger partial charge on any atom is -0.463 e. The molecule has 1 atom stereocenters. The van der Waals surface area contributed by atoms with Crippen LogP contribution in [0.1, 0.15) is 67.2 Å². The van der Waals surface area contributed by atoms with E-state index in [1.165, 1.54) is 19.1 Å². The SMILES string of the molecule is CCCCOC(=O)c1ccccc1C(=O)O[C@@H](C)C(=O)OCCCC. The van der Waals surface area contributed by atoms with Crippen molar-refractivity contribution in [3.63, 3.8) is 0 Å². The van der Waals surface area contributed by atoms with E-state index in [9.17, 15) is 14.4 Å². The van der Waals surface area contributed by atoms with Crippen LogP contribution in [0.3, 0.4) is 0 Å². The van der Waals surface area contributed by atoms with E-state index in [2.05, 4.69) is 0 Å². The number of carbonyl (C=O) groups is 3. The van der Waals surface area contributed by atoms with Gasteiger partial charge in [-0.1, -0.05) is 38.8 Å². The molecule has 0 bridgehead atoms. The molecule has 0 unspecified atom stereocenters. The van der Waals surface area contributed by atoms with Gasteiger partial charge in [0, 0.05) is 0 Å². The second-order valence-corrected chi connectivity index (χ2v) is 5.60. The summed E-state index contributed by atoms with van der Waals surface area (Å²) in [4.78, 5) is 36.2. The van der Waals surface area contributed by atoms with Crippen LogP contribution >= 0.6 is 0 Å². The zero-order chi connectivity index (χ0) is 18.7. The average Bonchev–Trinajstić information content (AvgIpc) is 2.61. The number of ether oxygens (including phenoxy) is 3. The smallest absolute Gasteiger partial charge is 0.347 e. The highest BCUT2D eigenvalue weighted by Gasteiger charge is 2.24. The zero-order valence-electron chi connectivity index (χ0n) is 15.1. The first kappa shape index (κ1) is 20.7. The number of carbonyl (C=O) groups excluding carboxylic acids is 3. The van der Waals surface area contributed by atoms with Crippen LogP contribution in [0.5, 0.6) is 0 Å². The molecule has 0 aliphatic rings. The number of rotatable bonds is 10. The molecular weight excluding hydrogens is 324 g/mol. The van der Waals surface area contributed by atoms with Gasteiger partial charge in [0.2, 0.25) is 0 Å². The third-order valence-corrected chi connectivity index (χ3v) is 3.46. The summed E-state index contributed by atoms with van der Waals surface area (Å²) in [5, 5.41) is 0. The molecule has 0 saturated heterocycles. The van der Waals surface area contributed by atoms with E-state index in [1.807, 2.05) is 13.8 Å². The van der Waals surface area contributed by atoms with Crippen molar-refractivity contribution in [2.24, 2.45) is 0 Å². The topological polar surface area (TPSA) is 78.9 Å². The van der Waals surface area contributed by atoms with Gasteiger partial charge in [-0.2, -0.15) is 0 Å². The predicted molar refractivity (Wildman–Crippen MR) is 92.4 cm³/mol. The summed E-state index contributed by atoms with van der Waals surface area (Å²) in [6, 6.07) is 6.21. The Kier molecular flexibility index (Phi) is 9.29. The molecule has 0 N–H and O–H groups in total. The van der Waals surface area contributed by atoms with Crippen molar-refractivity contribution >= 4 is 17.9 Å². The first-order valence-corrected chi connectivity index (χ1v) is 8.65. The summed E-state index contributed by atoms with van der Waals surface area (Å²) >= 11 is 0. The maximum atomic E-state index is 12.3. The summed E-state index contributed by atoms with van der Waals surface area (Å²) in [6.07, 6.45) is 2.25. The normalized spacial score (nSPS) is 11.5. The lowest BCUT2D eigenvalue weighted by Gasteiger charge is -2.14. The van der Waals surface area contributed by atoms with Crippen LogP contribution in [0.15, 0.2) is 24.3 Å². The zero-order valence-corrected chi connectivity index (χ0v) is 15.1. The van der Waals surface area contributed by atoms with Crippen LogP contribution in [0.25, 0.3) is 0 Å². The Bertz CT molecular complexity index is 581. The van der Waals surface area contributed by atoms with Gasteiger partial charge < -0.3 is 14.2 Å². The quantitative estimate of drug-likeness (QED) is 0.365. The molecule has 0 spiro atoms. The number of hydrogen-bond acceptors (Lipinski definition) is 6. The third kappa shape index (κ3) is 6.95. The van der Waals surface area contributed by atoms with Gasteiger partial charge >= 0.3 is 17.9 Å². The summed E-state index contributed by atoms with van der Waals surface area (Å²) in [6.45, 7) is 5.98. The van der Waals surface area contributed by atoms with Gasteiger partial charge in [0.1, 0.15) is 0 Å². The molecule has 0 amide bonds. The summed E-state index contributed by atoms with van der Waals surface area (Å²) in [5.41, 5.74) is 0.187. The van der Waals surface area contributed by atoms with Crippen molar-refractivity contribution in [1.29, 1.82) is 0 Å². The summed E-state index contributed by atoms with van der Waals surface area (Å²) in [5.74, 6) is -1.95. The molecule has 25 heavy (non-hydrogen) atoms. The predicted octanol–water partition coefficient (Wildman–Crippen LogP) is 3.53. The largest absolute Gasteiger partial charge is 0.463 e. The molecule has 138 valence electrons. The van der Waals surface area contributed by atoms with Gasteiger partial charge in [0.25, 0.3) is 0 Å². The molecule has 6 heteroatoms. The van der Waals surface area contributed by atoms with E-state index in [1.54, 1.807) is 12.1 Å². The van der Waals surface area contributed by atoms with Crippen LogP contribution in [0.2, 0.25) is 0 Å². The number of esters is 3. The maximum absolute atomic E-state index is 12.3. The fourth-order valence-electron chi connectivity index (χ4n) is 1.93. The van der Waals surface area contributed by atoms with Crippen molar-refractivity contribution in [1.82, 2.24) is 0 Å². The highest BCUT2D eigenvalue weighted by molar-refractivity contribution is 6.03. The van der Waals surface area contributed by atoms with Gasteiger partial charge in [0.15, 0.2) is 6.10 Å². The number of unbranched alkanes of at least 4 members (excludes halogenated alkanes) is 2. The Morgan fingerprint density at radius 1 is 0.880 bits per heavy atom. The molecule has 1 aromatic rings. The molecule has 1 rings (SSSR count). The molecule has 0 aliphatic carbocycles. The summed E-state index contributed by atoms with van der Waals surface area (Å²) in [7, 11) is 0. The van der Waals surface area contributed by atoms with Gasteiger partial charge in [-0.15, -0.1) is 0 Å². The lowest BCUT2D eigenvalue weighted by atomic mass is 10.1. The number of hydrogen-bond donors (Lipinski definition) is 0. The van der Waals surface area contributed by atoms with Gasteiger partial charge in [-0.3, -0.25) is 0 Å². The van der Waals surface area contributed by atoms with Crippen LogP contribution < -0.4 is 0 Å². The molecule has 0 saturated carbocycles. The monoisotopic (exact) mass is 350 g/mol. The molecular formula is C19H26O6. The maximum Gasteiger partial charge on any atom is 0.347 e. The average molecular weight is 350 g/mol. The van der Waals surface area contributed by atoms with Crippen molar-refractivity contribution in [2.75, 3.05) is 13.2 Å². The van der Waals surface area contributed by atoms with Gasteiger partial charge in [-0.25, -0.2) is 14.4 Å². The van der Waals surface area contributed by atoms with Crippen molar-refractivity contribution in [3.05, 3.63) is 35.4 Å². The first-order chi connectivity index (χ1) is 12.0. The van der Waals surface area contributed by atoms with Crippen LogP contribution in [0.4, 0.5) is 0 Å². The lowest BCUT2D eigenvalue weighted by molar-refractivity contribution is -0.153. The molecule has 6 nitrogen and oxygen atoms in total. The van der Waals surface area contributed by atoms with Crippen molar-refractivity contribution in [3.8, 4) is 0 Å². The molecule has 0 aromatic heterocycles. The third-order valence-electron chi connectivity index (χ3n) is 3.46. The Morgan fingerprint density at radius 3 is 1.96 bits per heavy atom. The molecule has 0 radical (unpaired) electrons. The van der Waals surface area contributed by atoms with Crippen molar-refractivity contribution in [2.45, 2.75) is 52.6 Å². The second-order valence-electron chi connectivity index (χ2n) is 5.60. The van der Waals surface area contributed by atoms with Crippen LogP contribution in [-0.4, -0.2) is 37.2 Å². The minimum atomic E-state index is -1.05. The summed E-state index contributed by atoms with van der Waals surface area (Å²) < 4.78 is 15.3. The fraction of sp³-hybridized carbons (Fsp3) is 0.526. The van der Waals surface area contributed by atoms with Gasteiger partial charge in [-0.05, 0) is 31.9 Å². The number of benzene rings is 1. The Labute approximate surface area is 148 Å². The lowest BCUT2D eigenvalue weighted by Crippen LogP contribution is -2.27. The molecule has 1 aromatic carbocycles. The highest BCUT2D eigenvalue weighted by Crippen LogP contribution is 2.14. The molecule has 0 aliphatic heterocycles. The Morgan fingerprint density at radius 2 is 1.40 bits per heavy atom. The van der Waals surface area contributed by atoms with E-state index in [4.69, 9.17) is 14.2 Å².